The number of carbonyl (C=O) groups is 1. The number of amides is 1. The Labute approximate surface area is 115 Å². The van der Waals surface area contributed by atoms with Gasteiger partial charge in [-0.1, -0.05) is 6.92 Å². The molecule has 2 atom stereocenters. The summed E-state index contributed by atoms with van der Waals surface area (Å²) >= 11 is 0. The molecule has 0 saturated heterocycles. The van der Waals surface area contributed by atoms with Crippen LogP contribution < -0.4 is 10.6 Å². The van der Waals surface area contributed by atoms with Gasteiger partial charge >= 0.3 is 0 Å². The zero-order valence-corrected chi connectivity index (χ0v) is 12.1. The number of nitrogens with one attached hydrogen (secondary N) is 2. The van der Waals surface area contributed by atoms with Crippen molar-refractivity contribution < 1.29 is 4.79 Å². The van der Waals surface area contributed by atoms with Crippen LogP contribution >= 0.6 is 0 Å². The molecule has 0 heterocycles. The average molecular weight is 260 g/mol. The van der Waals surface area contributed by atoms with Gasteiger partial charge in [-0.15, -0.1) is 0 Å². The molecule has 0 radical (unpaired) electrons. The molecule has 1 aromatic carbocycles. The number of anilines is 1. The highest BCUT2D eigenvalue weighted by molar-refractivity contribution is 5.95. The van der Waals surface area contributed by atoms with Crippen LogP contribution in [0.25, 0.3) is 0 Å². The molecule has 0 aliphatic heterocycles. The summed E-state index contributed by atoms with van der Waals surface area (Å²) < 4.78 is 0. The van der Waals surface area contributed by atoms with E-state index in [4.69, 9.17) is 0 Å². The Morgan fingerprint density at radius 2 is 2.16 bits per heavy atom. The maximum absolute atomic E-state index is 12.2. The predicted molar refractivity (Wildman–Crippen MR) is 79.6 cm³/mol. The van der Waals surface area contributed by atoms with Crippen LogP contribution in [0.5, 0.6) is 0 Å². The minimum absolute atomic E-state index is 0.0604. The molecule has 1 aromatic rings. The minimum atomic E-state index is 0.0604. The third-order valence-corrected chi connectivity index (χ3v) is 3.89. The molecular weight excluding hydrogens is 236 g/mol. The Balaban J connectivity index is 2.01. The van der Waals surface area contributed by atoms with Gasteiger partial charge < -0.3 is 10.6 Å². The van der Waals surface area contributed by atoms with E-state index in [1.165, 1.54) is 6.42 Å². The summed E-state index contributed by atoms with van der Waals surface area (Å²) in [5.41, 5.74) is 2.99. The average Bonchev–Trinajstić information content (AvgIpc) is 2.77. The highest BCUT2D eigenvalue weighted by Gasteiger charge is 2.23. The molecule has 2 rings (SSSR count). The lowest BCUT2D eigenvalue weighted by atomic mass is 10.1. The zero-order valence-electron chi connectivity index (χ0n) is 12.1. The van der Waals surface area contributed by atoms with Gasteiger partial charge in [0.1, 0.15) is 0 Å². The Kier molecular flexibility index (Phi) is 4.46. The van der Waals surface area contributed by atoms with Gasteiger partial charge in [-0.3, -0.25) is 4.79 Å². The smallest absolute Gasteiger partial charge is 0.251 e. The van der Waals surface area contributed by atoms with E-state index in [0.29, 0.717) is 6.04 Å². The van der Waals surface area contributed by atoms with Crippen LogP contribution in [-0.4, -0.2) is 18.5 Å². The zero-order chi connectivity index (χ0) is 13.8. The SMILES string of the molecule is CCNc1ccc(C(=O)NC2CCC(C)C2)cc1C. The van der Waals surface area contributed by atoms with Crippen molar-refractivity contribution in [2.24, 2.45) is 5.92 Å². The molecule has 3 heteroatoms. The van der Waals surface area contributed by atoms with Crippen LogP contribution in [0.1, 0.15) is 49.0 Å². The van der Waals surface area contributed by atoms with E-state index in [-0.39, 0.29) is 5.91 Å². The van der Waals surface area contributed by atoms with Crippen LogP contribution in [-0.2, 0) is 0 Å². The molecule has 0 bridgehead atoms. The van der Waals surface area contributed by atoms with Gasteiger partial charge in [0, 0.05) is 23.8 Å². The summed E-state index contributed by atoms with van der Waals surface area (Å²) in [6.07, 6.45) is 3.45. The van der Waals surface area contributed by atoms with E-state index < -0.39 is 0 Å². The van der Waals surface area contributed by atoms with Gasteiger partial charge in [-0.2, -0.15) is 0 Å². The van der Waals surface area contributed by atoms with Gasteiger partial charge in [0.25, 0.3) is 5.91 Å². The van der Waals surface area contributed by atoms with Crippen molar-refractivity contribution in [3.63, 3.8) is 0 Å². The normalized spacial score (nSPS) is 22.3. The number of benzene rings is 1. The van der Waals surface area contributed by atoms with Gasteiger partial charge in [-0.25, -0.2) is 0 Å². The number of carbonyl (C=O) groups excluding carboxylic acids is 1. The fourth-order valence-electron chi connectivity index (χ4n) is 2.80. The lowest BCUT2D eigenvalue weighted by Crippen LogP contribution is -2.32. The second-order valence-electron chi connectivity index (χ2n) is 5.65. The van der Waals surface area contributed by atoms with Crippen LogP contribution in [0.15, 0.2) is 18.2 Å². The molecule has 104 valence electrons. The van der Waals surface area contributed by atoms with E-state index in [9.17, 15) is 4.79 Å². The molecule has 1 fully saturated rings. The topological polar surface area (TPSA) is 41.1 Å². The van der Waals surface area contributed by atoms with E-state index in [1.807, 2.05) is 25.1 Å². The second-order valence-corrected chi connectivity index (χ2v) is 5.65. The lowest BCUT2D eigenvalue weighted by molar-refractivity contribution is 0.0937. The van der Waals surface area contributed by atoms with Crippen molar-refractivity contribution in [3.05, 3.63) is 29.3 Å². The molecule has 1 saturated carbocycles. The fraction of sp³-hybridized carbons (Fsp3) is 0.562. The predicted octanol–water partition coefficient (Wildman–Crippen LogP) is 3.35. The third kappa shape index (κ3) is 3.49. The first kappa shape index (κ1) is 13.9. The summed E-state index contributed by atoms with van der Waals surface area (Å²) in [5.74, 6) is 0.799. The highest BCUT2D eigenvalue weighted by Crippen LogP contribution is 2.25. The fourth-order valence-corrected chi connectivity index (χ4v) is 2.80. The summed E-state index contributed by atoms with van der Waals surface area (Å²) in [6, 6.07) is 6.21. The van der Waals surface area contributed by atoms with E-state index in [1.54, 1.807) is 0 Å². The Hall–Kier alpha value is -1.51. The molecular formula is C16H24N2O. The van der Waals surface area contributed by atoms with Gasteiger partial charge in [-0.05, 0) is 62.8 Å². The Morgan fingerprint density at radius 1 is 1.37 bits per heavy atom. The maximum Gasteiger partial charge on any atom is 0.251 e. The van der Waals surface area contributed by atoms with Crippen LogP contribution in [0.3, 0.4) is 0 Å². The van der Waals surface area contributed by atoms with E-state index in [2.05, 4.69) is 24.5 Å². The van der Waals surface area contributed by atoms with Gasteiger partial charge in [0.15, 0.2) is 0 Å². The standard InChI is InChI=1S/C16H24N2O/c1-4-17-15-8-6-13(10-12(15)3)16(19)18-14-7-5-11(2)9-14/h6,8,10-11,14,17H,4-5,7,9H2,1-3H3,(H,18,19). The number of rotatable bonds is 4. The largest absolute Gasteiger partial charge is 0.385 e. The molecule has 3 nitrogen and oxygen atoms in total. The first-order valence-electron chi connectivity index (χ1n) is 7.25. The molecule has 19 heavy (non-hydrogen) atoms. The Morgan fingerprint density at radius 3 is 2.74 bits per heavy atom. The van der Waals surface area contributed by atoms with Crippen molar-refractivity contribution in [1.29, 1.82) is 0 Å². The Bertz CT molecular complexity index is 456. The molecule has 1 amide bonds. The molecule has 2 N–H and O–H groups in total. The molecule has 0 spiro atoms. The molecule has 2 unspecified atom stereocenters. The van der Waals surface area contributed by atoms with Gasteiger partial charge in [0.05, 0.1) is 0 Å². The number of hydrogen-bond acceptors (Lipinski definition) is 2. The van der Waals surface area contributed by atoms with E-state index in [0.717, 1.165) is 42.1 Å². The maximum atomic E-state index is 12.2. The van der Waals surface area contributed by atoms with Crippen LogP contribution in [0.2, 0.25) is 0 Å². The first-order valence-corrected chi connectivity index (χ1v) is 7.25. The van der Waals surface area contributed by atoms with Crippen molar-refractivity contribution in [1.82, 2.24) is 5.32 Å². The monoisotopic (exact) mass is 260 g/mol. The lowest BCUT2D eigenvalue weighted by Gasteiger charge is -2.14. The summed E-state index contributed by atoms with van der Waals surface area (Å²) in [6.45, 7) is 7.25. The number of aryl methyl sites for hydroxylation is 1. The first-order chi connectivity index (χ1) is 9.10. The van der Waals surface area contributed by atoms with Crippen LogP contribution in [0, 0.1) is 12.8 Å². The minimum Gasteiger partial charge on any atom is -0.385 e. The van der Waals surface area contributed by atoms with Crippen molar-refractivity contribution in [2.75, 3.05) is 11.9 Å². The van der Waals surface area contributed by atoms with Crippen molar-refractivity contribution in [2.45, 2.75) is 46.1 Å². The van der Waals surface area contributed by atoms with Crippen LogP contribution in [0.4, 0.5) is 5.69 Å². The highest BCUT2D eigenvalue weighted by atomic mass is 16.1. The summed E-state index contributed by atoms with van der Waals surface area (Å²) in [5, 5.41) is 6.43. The quantitative estimate of drug-likeness (QED) is 0.871. The van der Waals surface area contributed by atoms with E-state index >= 15 is 0 Å². The summed E-state index contributed by atoms with van der Waals surface area (Å²) in [4.78, 5) is 12.2. The molecule has 0 aromatic heterocycles. The summed E-state index contributed by atoms with van der Waals surface area (Å²) in [7, 11) is 0. The van der Waals surface area contributed by atoms with Gasteiger partial charge in [0.2, 0.25) is 0 Å². The number of hydrogen-bond donors (Lipinski definition) is 2. The van der Waals surface area contributed by atoms with Crippen molar-refractivity contribution in [3.8, 4) is 0 Å². The van der Waals surface area contributed by atoms with Crippen molar-refractivity contribution >= 4 is 11.6 Å². The second kappa shape index (κ2) is 6.09. The third-order valence-electron chi connectivity index (χ3n) is 3.89. The molecule has 1 aliphatic rings. The molecule has 1 aliphatic carbocycles.